The smallest absolute Gasteiger partial charge is 0.222 e. The summed E-state index contributed by atoms with van der Waals surface area (Å²) in [5.74, 6) is 0.908. The van der Waals surface area contributed by atoms with Gasteiger partial charge in [-0.1, -0.05) is 24.3 Å². The Morgan fingerprint density at radius 2 is 1.97 bits per heavy atom. The van der Waals surface area contributed by atoms with E-state index in [-0.39, 0.29) is 24.5 Å². The second kappa shape index (κ2) is 13.3. The number of amidine groups is 1. The molecule has 3 atom stereocenters. The van der Waals surface area contributed by atoms with Gasteiger partial charge >= 0.3 is 0 Å². The predicted molar refractivity (Wildman–Crippen MR) is 122 cm³/mol. The number of hydrogen-bond donors (Lipinski definition) is 3. The molecule has 9 nitrogen and oxygen atoms in total. The first-order valence-electron chi connectivity index (χ1n) is 10.5. The van der Waals surface area contributed by atoms with Gasteiger partial charge in [-0.25, -0.2) is 8.49 Å². The van der Waals surface area contributed by atoms with E-state index in [9.17, 15) is 9.00 Å². The van der Waals surface area contributed by atoms with Crippen molar-refractivity contribution in [2.24, 2.45) is 4.99 Å². The largest absolute Gasteiger partial charge is 0.368 e. The maximum atomic E-state index is 12.6. The van der Waals surface area contributed by atoms with Crippen molar-refractivity contribution in [3.63, 3.8) is 0 Å². The Morgan fingerprint density at radius 1 is 1.29 bits per heavy atom. The average molecular weight is 452 g/mol. The molecule has 0 bridgehead atoms. The number of rotatable bonds is 10. The number of hydrogen-bond acceptors (Lipinski definition) is 8. The normalized spacial score (nSPS) is 18.8. The molecule has 3 unspecified atom stereocenters. The topological polar surface area (TPSA) is 112 Å². The summed E-state index contributed by atoms with van der Waals surface area (Å²) < 4.78 is 15.9. The molecule has 10 heteroatoms. The van der Waals surface area contributed by atoms with E-state index in [1.165, 1.54) is 11.8 Å². The first-order chi connectivity index (χ1) is 15.0. The third-order valence-corrected chi connectivity index (χ3v) is 5.43. The molecule has 1 saturated heterocycles. The number of aliphatic imine (C=N–C) groups is 1. The molecule has 172 valence electrons. The SMILES string of the molecule is C=O.CC(CC(=O)NC(Cc1ccc(C2=NCCN2)cc1)N1CCCC1)NOS(C)=O. The molecule has 2 aliphatic rings. The zero-order valence-electron chi connectivity index (χ0n) is 18.3. The van der Waals surface area contributed by atoms with Gasteiger partial charge in [0, 0.05) is 50.3 Å². The van der Waals surface area contributed by atoms with Crippen molar-refractivity contribution >= 4 is 29.6 Å². The van der Waals surface area contributed by atoms with Crippen LogP contribution in [-0.4, -0.2) is 72.3 Å². The standard InChI is InChI=1S/C20H31N5O3S.CH2O/c1-15(24-28-29(2)27)13-19(26)23-18(25-11-3-4-12-25)14-16-5-7-17(8-6-16)20-21-9-10-22-20;1-2/h5-8,15,18,24H,3-4,9-14H2,1-2H3,(H,21,22)(H,23,26);1H2. The number of likely N-dealkylation sites (tertiary alicyclic amines) is 1. The lowest BCUT2D eigenvalue weighted by molar-refractivity contribution is -0.123. The third kappa shape index (κ3) is 8.48. The number of nitrogens with zero attached hydrogens (tertiary/aromatic N) is 2. The number of carbonyl (C=O) groups excluding carboxylic acids is 2. The van der Waals surface area contributed by atoms with Crippen LogP contribution >= 0.6 is 0 Å². The lowest BCUT2D eigenvalue weighted by Gasteiger charge is -2.29. The van der Waals surface area contributed by atoms with Crippen LogP contribution in [0.4, 0.5) is 0 Å². The molecule has 0 aromatic heterocycles. The summed E-state index contributed by atoms with van der Waals surface area (Å²) in [6.07, 6.45) is 4.72. The van der Waals surface area contributed by atoms with Crippen molar-refractivity contribution in [3.05, 3.63) is 35.4 Å². The summed E-state index contributed by atoms with van der Waals surface area (Å²) in [6, 6.07) is 8.17. The minimum atomic E-state index is -1.41. The third-order valence-electron chi connectivity index (χ3n) is 5.10. The average Bonchev–Trinajstić information content (AvgIpc) is 3.48. The van der Waals surface area contributed by atoms with Gasteiger partial charge in [-0.2, -0.15) is 5.48 Å². The predicted octanol–water partition coefficient (Wildman–Crippen LogP) is 0.525. The molecule has 1 amide bonds. The molecule has 0 spiro atoms. The van der Waals surface area contributed by atoms with E-state index < -0.39 is 11.1 Å². The van der Waals surface area contributed by atoms with Gasteiger partial charge in [0.1, 0.15) is 12.6 Å². The Hall–Kier alpha value is -2.14. The molecule has 2 aliphatic heterocycles. The fourth-order valence-corrected chi connectivity index (χ4v) is 3.95. The Labute approximate surface area is 186 Å². The first kappa shape index (κ1) is 25.1. The molecule has 3 N–H and O–H groups in total. The quantitative estimate of drug-likeness (QED) is 0.445. The minimum Gasteiger partial charge on any atom is -0.368 e. The van der Waals surface area contributed by atoms with Gasteiger partial charge in [-0.15, -0.1) is 0 Å². The van der Waals surface area contributed by atoms with Gasteiger partial charge in [0.15, 0.2) is 11.1 Å². The first-order valence-corrected chi connectivity index (χ1v) is 12.0. The van der Waals surface area contributed by atoms with E-state index in [0.717, 1.165) is 56.8 Å². The van der Waals surface area contributed by atoms with Crippen LogP contribution in [0.5, 0.6) is 0 Å². The maximum absolute atomic E-state index is 12.6. The molecule has 0 aliphatic carbocycles. The van der Waals surface area contributed by atoms with E-state index in [1.54, 1.807) is 0 Å². The Kier molecular flexibility index (Phi) is 10.8. The maximum Gasteiger partial charge on any atom is 0.222 e. The minimum absolute atomic E-state index is 0.0359. The van der Waals surface area contributed by atoms with Crippen LogP contribution in [0.1, 0.15) is 37.3 Å². The van der Waals surface area contributed by atoms with Crippen molar-refractivity contribution in [1.82, 2.24) is 21.0 Å². The van der Waals surface area contributed by atoms with E-state index in [0.29, 0.717) is 0 Å². The van der Waals surface area contributed by atoms with Crippen LogP contribution < -0.4 is 16.1 Å². The number of carbonyl (C=O) groups is 2. The van der Waals surface area contributed by atoms with Crippen molar-refractivity contribution in [2.45, 2.75) is 44.8 Å². The van der Waals surface area contributed by atoms with E-state index in [2.05, 4.69) is 50.3 Å². The molecular formula is C21H33N5O4S. The lowest BCUT2D eigenvalue weighted by Crippen LogP contribution is -2.49. The molecule has 1 aromatic rings. The summed E-state index contributed by atoms with van der Waals surface area (Å²) >= 11 is -1.41. The van der Waals surface area contributed by atoms with Gasteiger partial charge in [-0.3, -0.25) is 14.7 Å². The van der Waals surface area contributed by atoms with Crippen LogP contribution in [0, 0.1) is 0 Å². The van der Waals surface area contributed by atoms with E-state index >= 15 is 0 Å². The van der Waals surface area contributed by atoms with Gasteiger partial charge in [0.05, 0.1) is 12.7 Å². The fourth-order valence-electron chi connectivity index (χ4n) is 3.65. The number of nitrogens with one attached hydrogen (secondary N) is 3. The Bertz CT molecular complexity index is 753. The highest BCUT2D eigenvalue weighted by Gasteiger charge is 2.24. The summed E-state index contributed by atoms with van der Waals surface area (Å²) in [7, 11) is 0. The molecular weight excluding hydrogens is 418 g/mol. The summed E-state index contributed by atoms with van der Waals surface area (Å²) in [5, 5.41) is 6.46. The van der Waals surface area contributed by atoms with Crippen LogP contribution in [0.15, 0.2) is 29.3 Å². The van der Waals surface area contributed by atoms with E-state index in [1.807, 2.05) is 13.7 Å². The monoisotopic (exact) mass is 451 g/mol. The van der Waals surface area contributed by atoms with Crippen LogP contribution in [0.25, 0.3) is 0 Å². The zero-order chi connectivity index (χ0) is 22.6. The molecule has 1 aromatic carbocycles. The lowest BCUT2D eigenvalue weighted by atomic mass is 10.1. The van der Waals surface area contributed by atoms with Crippen LogP contribution in [0.2, 0.25) is 0 Å². The highest BCUT2D eigenvalue weighted by molar-refractivity contribution is 7.79. The molecule has 2 heterocycles. The summed E-state index contributed by atoms with van der Waals surface area (Å²) in [4.78, 5) is 27.3. The summed E-state index contributed by atoms with van der Waals surface area (Å²) in [6.45, 7) is 7.54. The number of amides is 1. The highest BCUT2D eigenvalue weighted by atomic mass is 32.2. The van der Waals surface area contributed by atoms with Crippen molar-refractivity contribution in [1.29, 1.82) is 0 Å². The van der Waals surface area contributed by atoms with E-state index in [4.69, 9.17) is 9.08 Å². The van der Waals surface area contributed by atoms with Crippen molar-refractivity contribution in [2.75, 3.05) is 32.4 Å². The molecule has 0 saturated carbocycles. The zero-order valence-corrected chi connectivity index (χ0v) is 19.1. The second-order valence-corrected chi connectivity index (χ2v) is 8.56. The molecule has 1 fully saturated rings. The summed E-state index contributed by atoms with van der Waals surface area (Å²) in [5.41, 5.74) is 4.93. The van der Waals surface area contributed by atoms with Gasteiger partial charge in [0.25, 0.3) is 0 Å². The van der Waals surface area contributed by atoms with Crippen LogP contribution in [-0.2, 0) is 31.4 Å². The highest BCUT2D eigenvalue weighted by Crippen LogP contribution is 2.16. The fraction of sp³-hybridized carbons (Fsp3) is 0.571. The number of hydroxylamine groups is 1. The second-order valence-electron chi connectivity index (χ2n) is 7.59. The van der Waals surface area contributed by atoms with Gasteiger partial charge < -0.3 is 15.4 Å². The number of benzene rings is 1. The van der Waals surface area contributed by atoms with Gasteiger partial charge in [-0.05, 0) is 25.3 Å². The molecule has 3 rings (SSSR count). The van der Waals surface area contributed by atoms with Crippen molar-refractivity contribution in [3.8, 4) is 0 Å². The Morgan fingerprint density at radius 3 is 2.55 bits per heavy atom. The van der Waals surface area contributed by atoms with Crippen molar-refractivity contribution < 1.29 is 18.1 Å². The molecule has 31 heavy (non-hydrogen) atoms. The van der Waals surface area contributed by atoms with Gasteiger partial charge in [0.2, 0.25) is 5.91 Å². The molecule has 0 radical (unpaired) electrons. The van der Waals surface area contributed by atoms with Crippen LogP contribution in [0.3, 0.4) is 0 Å². The Balaban J connectivity index is 0.00000166.